The highest BCUT2D eigenvalue weighted by molar-refractivity contribution is 7.18. The maximum atomic E-state index is 14.3. The Balaban J connectivity index is 1.93. The molecule has 246 valence electrons. The number of carboxylic acids is 1. The lowest BCUT2D eigenvalue weighted by atomic mass is 9.90. The molecule has 0 aromatic carbocycles. The van der Waals surface area contributed by atoms with Gasteiger partial charge in [0.15, 0.2) is 5.01 Å². The highest BCUT2D eigenvalue weighted by atomic mass is 32.1. The second-order valence-electron chi connectivity index (χ2n) is 10.9. The Morgan fingerprint density at radius 2 is 1.69 bits per heavy atom. The van der Waals surface area contributed by atoms with Crippen LogP contribution in [0.3, 0.4) is 0 Å². The van der Waals surface area contributed by atoms with Crippen LogP contribution in [0.2, 0.25) is 0 Å². The summed E-state index contributed by atoms with van der Waals surface area (Å²) in [6.45, 7) is 4.53. The molecule has 0 aliphatic carbocycles. The van der Waals surface area contributed by atoms with Crippen LogP contribution in [0.15, 0.2) is 16.8 Å². The lowest BCUT2D eigenvalue weighted by Gasteiger charge is -2.32. The number of hydrogen-bond acceptors (Lipinski definition) is 9. The summed E-state index contributed by atoms with van der Waals surface area (Å²) in [6, 6.07) is -0.968. The van der Waals surface area contributed by atoms with E-state index in [4.69, 9.17) is 4.52 Å². The molecule has 0 saturated carbocycles. The van der Waals surface area contributed by atoms with Crippen molar-refractivity contribution in [3.05, 3.63) is 35.1 Å². The van der Waals surface area contributed by atoms with Gasteiger partial charge >= 0.3 is 24.5 Å². The molecule has 20 heteroatoms. The van der Waals surface area contributed by atoms with E-state index in [1.807, 2.05) is 0 Å². The summed E-state index contributed by atoms with van der Waals surface area (Å²) in [4.78, 5) is 36.6. The molecule has 1 aliphatic heterocycles. The van der Waals surface area contributed by atoms with Crippen molar-refractivity contribution < 1.29 is 63.8 Å². The van der Waals surface area contributed by atoms with Gasteiger partial charge in [-0.25, -0.2) is 4.98 Å². The number of pyridine rings is 1. The van der Waals surface area contributed by atoms with E-state index in [2.05, 4.69) is 20.1 Å². The van der Waals surface area contributed by atoms with Crippen LogP contribution in [-0.4, -0.2) is 72.0 Å². The number of carbonyl (C=O) groups excluding carboxylic acids is 1. The topological polar surface area (TPSA) is 143 Å². The number of amides is 1. The number of carboxylic acid groups (broad SMARTS) is 1. The monoisotopic (exact) mass is 675 g/mol. The van der Waals surface area contributed by atoms with Crippen molar-refractivity contribution in [3.63, 3.8) is 0 Å². The van der Waals surface area contributed by atoms with Crippen LogP contribution in [0, 0.1) is 5.41 Å². The van der Waals surface area contributed by atoms with Crippen LogP contribution in [0.1, 0.15) is 61.2 Å². The van der Waals surface area contributed by atoms with Gasteiger partial charge in [-0.1, -0.05) is 5.16 Å². The third kappa shape index (κ3) is 6.21. The van der Waals surface area contributed by atoms with Gasteiger partial charge in [0.1, 0.15) is 5.69 Å². The van der Waals surface area contributed by atoms with E-state index in [9.17, 15) is 59.3 Å². The minimum atomic E-state index is -6.52. The number of alkyl halides is 9. The van der Waals surface area contributed by atoms with Crippen molar-refractivity contribution in [3.8, 4) is 21.3 Å². The molecule has 3 aromatic rings. The zero-order valence-corrected chi connectivity index (χ0v) is 24.0. The van der Waals surface area contributed by atoms with Crippen molar-refractivity contribution in [2.24, 2.45) is 5.41 Å². The number of carbonyl (C=O) groups is 2. The third-order valence-corrected chi connectivity index (χ3v) is 8.20. The Morgan fingerprint density at radius 3 is 2.20 bits per heavy atom. The van der Waals surface area contributed by atoms with Gasteiger partial charge in [0.05, 0.1) is 21.5 Å². The standard InChI is InChI=1S/C25H22F9N5O5S/c1-10-5-4-6-39(10)19(40)15-16(45-18(37-15)17-36-14(44-38-17)8-21(2,3)20(41)42)11-9-35-13(7-12(11)23(26,27)28)22(43,24(29,30)31)25(32,33)34/h7,9-10,43H,4-6,8H2,1-3H3,(H,41,42)/t10-/m0/s1. The predicted octanol–water partition coefficient (Wildman–Crippen LogP) is 5.86. The molecule has 1 amide bonds. The molecular formula is C25H22F9N5O5S. The number of likely N-dealkylation sites (tertiary alicyclic amines) is 1. The van der Waals surface area contributed by atoms with Crippen LogP contribution >= 0.6 is 11.3 Å². The highest BCUT2D eigenvalue weighted by Crippen LogP contribution is 2.51. The molecule has 0 radical (unpaired) electrons. The minimum Gasteiger partial charge on any atom is -0.481 e. The van der Waals surface area contributed by atoms with Crippen LogP contribution in [-0.2, 0) is 23.0 Å². The number of hydrogen-bond donors (Lipinski definition) is 2. The van der Waals surface area contributed by atoms with Crippen LogP contribution in [0.5, 0.6) is 0 Å². The maximum Gasteiger partial charge on any atom is 0.432 e. The molecule has 2 N–H and O–H groups in total. The molecule has 10 nitrogen and oxygen atoms in total. The fraction of sp³-hybridized carbons (Fsp3) is 0.520. The number of aliphatic hydroxyl groups is 1. The number of rotatable bonds is 7. The van der Waals surface area contributed by atoms with E-state index in [-0.39, 0.29) is 41.9 Å². The lowest BCUT2D eigenvalue weighted by Crippen LogP contribution is -2.54. The zero-order chi connectivity index (χ0) is 33.9. The lowest BCUT2D eigenvalue weighted by molar-refractivity contribution is -0.377. The molecule has 0 bridgehead atoms. The normalized spacial score (nSPS) is 16.8. The van der Waals surface area contributed by atoms with Crippen molar-refractivity contribution in [1.29, 1.82) is 0 Å². The van der Waals surface area contributed by atoms with E-state index in [1.165, 1.54) is 18.7 Å². The second kappa shape index (κ2) is 11.2. The average molecular weight is 676 g/mol. The summed E-state index contributed by atoms with van der Waals surface area (Å²) < 4.78 is 129. The van der Waals surface area contributed by atoms with Gasteiger partial charge in [-0.05, 0) is 39.7 Å². The smallest absolute Gasteiger partial charge is 0.432 e. The summed E-state index contributed by atoms with van der Waals surface area (Å²) in [5, 5.41) is 22.3. The minimum absolute atomic E-state index is 0.0408. The Bertz CT molecular complexity index is 1600. The summed E-state index contributed by atoms with van der Waals surface area (Å²) in [7, 11) is 0. The van der Waals surface area contributed by atoms with Gasteiger partial charge in [0, 0.05) is 30.8 Å². The number of thiazole rings is 1. The van der Waals surface area contributed by atoms with Crippen LogP contribution in [0.25, 0.3) is 21.3 Å². The third-order valence-electron chi connectivity index (χ3n) is 7.12. The maximum absolute atomic E-state index is 14.3. The summed E-state index contributed by atoms with van der Waals surface area (Å²) in [6.07, 6.45) is -17.8. The fourth-order valence-corrected chi connectivity index (χ4v) is 5.51. The number of aliphatic carboxylic acids is 1. The Hall–Kier alpha value is -3.81. The molecule has 45 heavy (non-hydrogen) atoms. The van der Waals surface area contributed by atoms with E-state index in [0.717, 1.165) is 0 Å². The van der Waals surface area contributed by atoms with Gasteiger partial charge in [0.25, 0.3) is 11.5 Å². The van der Waals surface area contributed by atoms with E-state index >= 15 is 0 Å². The van der Waals surface area contributed by atoms with E-state index in [0.29, 0.717) is 24.2 Å². The molecule has 1 saturated heterocycles. The average Bonchev–Trinajstić information content (AvgIpc) is 3.65. The molecule has 4 rings (SSSR count). The van der Waals surface area contributed by atoms with E-state index < -0.39 is 74.9 Å². The quantitative estimate of drug-likeness (QED) is 0.294. The largest absolute Gasteiger partial charge is 0.481 e. The molecule has 0 spiro atoms. The molecule has 1 atom stereocenters. The second-order valence-corrected chi connectivity index (χ2v) is 11.9. The van der Waals surface area contributed by atoms with Crippen LogP contribution in [0.4, 0.5) is 39.5 Å². The van der Waals surface area contributed by atoms with Crippen molar-refractivity contribution >= 4 is 23.2 Å². The fourth-order valence-electron chi connectivity index (χ4n) is 4.50. The molecule has 4 heterocycles. The first-order chi connectivity index (χ1) is 20.5. The summed E-state index contributed by atoms with van der Waals surface area (Å²) in [5.74, 6) is -2.71. The van der Waals surface area contributed by atoms with Crippen LogP contribution < -0.4 is 0 Å². The van der Waals surface area contributed by atoms with E-state index in [1.54, 1.807) is 6.92 Å². The Morgan fingerprint density at radius 1 is 1.07 bits per heavy atom. The summed E-state index contributed by atoms with van der Waals surface area (Å²) >= 11 is 0.340. The number of halogens is 9. The van der Waals surface area contributed by atoms with Crippen molar-refractivity contribution in [2.75, 3.05) is 6.54 Å². The molecule has 3 aromatic heterocycles. The predicted molar refractivity (Wildman–Crippen MR) is 134 cm³/mol. The first-order valence-electron chi connectivity index (χ1n) is 12.8. The van der Waals surface area contributed by atoms with Gasteiger partial charge < -0.3 is 19.6 Å². The van der Waals surface area contributed by atoms with Gasteiger partial charge in [0.2, 0.25) is 11.7 Å². The first-order valence-corrected chi connectivity index (χ1v) is 13.6. The number of aromatic nitrogens is 4. The van der Waals surface area contributed by atoms with Gasteiger partial charge in [-0.15, -0.1) is 11.3 Å². The Labute approximate surface area is 250 Å². The van der Waals surface area contributed by atoms with Gasteiger partial charge in [-0.3, -0.25) is 14.6 Å². The highest BCUT2D eigenvalue weighted by Gasteiger charge is 2.72. The van der Waals surface area contributed by atoms with Crippen molar-refractivity contribution in [2.45, 2.75) is 70.2 Å². The first kappa shape index (κ1) is 34.1. The molecule has 1 aliphatic rings. The molecule has 0 unspecified atom stereocenters. The molecular weight excluding hydrogens is 653 g/mol. The molecule has 1 fully saturated rings. The number of nitrogens with zero attached hydrogens (tertiary/aromatic N) is 5. The summed E-state index contributed by atoms with van der Waals surface area (Å²) in [5.41, 5.74) is -13.4. The van der Waals surface area contributed by atoms with Crippen molar-refractivity contribution in [1.82, 2.24) is 25.0 Å². The van der Waals surface area contributed by atoms with Gasteiger partial charge in [-0.2, -0.15) is 44.5 Å². The SMILES string of the molecule is C[C@H]1CCCN1C(=O)c1nc(-c2noc(CC(C)(C)C(=O)O)n2)sc1-c1cnc(C(O)(C(F)(F)F)C(F)(F)F)cc1C(F)(F)F. The Kier molecular flexibility index (Phi) is 8.49. The zero-order valence-electron chi connectivity index (χ0n) is 23.2.